The number of aliphatic hydroxyl groups excluding tert-OH is 1. The van der Waals surface area contributed by atoms with E-state index in [2.05, 4.69) is 27.7 Å². The van der Waals surface area contributed by atoms with Gasteiger partial charge >= 0.3 is 0 Å². The highest BCUT2D eigenvalue weighted by molar-refractivity contribution is 8.17. The van der Waals surface area contributed by atoms with Crippen molar-refractivity contribution in [2.75, 3.05) is 18.1 Å². The van der Waals surface area contributed by atoms with Gasteiger partial charge in [-0.2, -0.15) is 0 Å². The molecule has 21 heavy (non-hydrogen) atoms. The van der Waals surface area contributed by atoms with E-state index in [4.69, 9.17) is 9.47 Å². The van der Waals surface area contributed by atoms with Crippen LogP contribution >= 0.6 is 23.5 Å². The second-order valence-corrected chi connectivity index (χ2v) is 9.82. The normalized spacial score (nSPS) is 23.4. The van der Waals surface area contributed by atoms with E-state index in [1.165, 1.54) is 0 Å². The van der Waals surface area contributed by atoms with Crippen LogP contribution in [-0.2, 0) is 9.47 Å². The molecule has 0 aromatic heterocycles. The molecule has 0 aliphatic carbocycles. The maximum absolute atomic E-state index is 10.5. The number of ether oxygens (including phenoxy) is 2. The van der Waals surface area contributed by atoms with Crippen LogP contribution in [0.25, 0.3) is 0 Å². The number of aliphatic hydroxyl groups is 1. The molecule has 3 nitrogen and oxygen atoms in total. The van der Waals surface area contributed by atoms with E-state index in [0.717, 1.165) is 17.9 Å². The molecule has 0 aromatic carbocycles. The standard InChI is InChI=1S/C16H32O3S2/c1-11(2)9-20-15(21-10-12(3)4)7-13(17)14-8-18-16(5,6)19-14/h11-15,17H,7-10H2,1-6H3/t13-,14-/m1/s1. The van der Waals surface area contributed by atoms with Crippen molar-refractivity contribution in [3.63, 3.8) is 0 Å². The molecule has 1 rings (SSSR count). The average molecular weight is 337 g/mol. The SMILES string of the molecule is CC(C)CSC(C[C@@H](O)[C@H]1COC(C)(C)O1)SCC(C)C. The summed E-state index contributed by atoms with van der Waals surface area (Å²) in [5.41, 5.74) is 0. The van der Waals surface area contributed by atoms with Crippen LogP contribution in [0.5, 0.6) is 0 Å². The number of rotatable bonds is 9. The van der Waals surface area contributed by atoms with Gasteiger partial charge in [-0.25, -0.2) is 0 Å². The van der Waals surface area contributed by atoms with Crippen LogP contribution in [0.3, 0.4) is 0 Å². The number of hydrogen-bond donors (Lipinski definition) is 1. The third-order valence-electron chi connectivity index (χ3n) is 3.12. The number of thioether (sulfide) groups is 2. The molecular weight excluding hydrogens is 304 g/mol. The van der Waals surface area contributed by atoms with Gasteiger partial charge in [-0.3, -0.25) is 0 Å². The molecule has 0 unspecified atom stereocenters. The van der Waals surface area contributed by atoms with Gasteiger partial charge in [-0.1, -0.05) is 27.7 Å². The van der Waals surface area contributed by atoms with Crippen molar-refractivity contribution < 1.29 is 14.6 Å². The first kappa shape index (κ1) is 19.6. The van der Waals surface area contributed by atoms with E-state index < -0.39 is 11.9 Å². The van der Waals surface area contributed by atoms with Crippen LogP contribution < -0.4 is 0 Å². The van der Waals surface area contributed by atoms with Gasteiger partial charge in [0.1, 0.15) is 6.10 Å². The molecule has 1 fully saturated rings. The third-order valence-corrected chi connectivity index (χ3v) is 6.79. The van der Waals surface area contributed by atoms with Gasteiger partial charge < -0.3 is 14.6 Å². The molecule has 1 N–H and O–H groups in total. The van der Waals surface area contributed by atoms with E-state index in [1.54, 1.807) is 0 Å². The minimum atomic E-state index is -0.558. The van der Waals surface area contributed by atoms with Crippen LogP contribution in [0, 0.1) is 11.8 Å². The molecule has 1 aliphatic rings. The Bertz CT molecular complexity index is 283. The lowest BCUT2D eigenvalue weighted by Gasteiger charge is -2.25. The summed E-state index contributed by atoms with van der Waals surface area (Å²) in [4.78, 5) is 0. The molecule has 126 valence electrons. The van der Waals surface area contributed by atoms with Crippen molar-refractivity contribution in [1.82, 2.24) is 0 Å². The van der Waals surface area contributed by atoms with Crippen LogP contribution in [0.2, 0.25) is 0 Å². The van der Waals surface area contributed by atoms with Crippen molar-refractivity contribution in [3.05, 3.63) is 0 Å². The van der Waals surface area contributed by atoms with Crippen molar-refractivity contribution in [3.8, 4) is 0 Å². The van der Waals surface area contributed by atoms with Crippen LogP contribution in [0.15, 0.2) is 0 Å². The average Bonchev–Trinajstić information content (AvgIpc) is 2.72. The highest BCUT2D eigenvalue weighted by atomic mass is 32.2. The smallest absolute Gasteiger partial charge is 0.163 e. The Morgan fingerprint density at radius 1 is 1.10 bits per heavy atom. The van der Waals surface area contributed by atoms with E-state index >= 15 is 0 Å². The predicted octanol–water partition coefficient (Wildman–Crippen LogP) is 3.99. The highest BCUT2D eigenvalue weighted by Gasteiger charge is 2.37. The molecular formula is C16H32O3S2. The Morgan fingerprint density at radius 3 is 2.00 bits per heavy atom. The van der Waals surface area contributed by atoms with Gasteiger partial charge in [0.2, 0.25) is 0 Å². The Kier molecular flexibility index (Phi) is 8.43. The maximum atomic E-state index is 10.5. The zero-order valence-electron chi connectivity index (χ0n) is 14.3. The predicted molar refractivity (Wildman–Crippen MR) is 93.9 cm³/mol. The lowest BCUT2D eigenvalue weighted by Crippen LogP contribution is -2.32. The topological polar surface area (TPSA) is 38.7 Å². The molecule has 5 heteroatoms. The largest absolute Gasteiger partial charge is 0.390 e. The van der Waals surface area contributed by atoms with E-state index in [0.29, 0.717) is 23.0 Å². The third kappa shape index (κ3) is 8.12. The Morgan fingerprint density at radius 2 is 1.62 bits per heavy atom. The van der Waals surface area contributed by atoms with Gasteiger partial charge in [0.15, 0.2) is 5.79 Å². The van der Waals surface area contributed by atoms with Gasteiger partial charge in [-0.05, 0) is 43.6 Å². The van der Waals surface area contributed by atoms with Crippen molar-refractivity contribution in [2.24, 2.45) is 11.8 Å². The second-order valence-electron chi connectivity index (χ2n) is 7.05. The summed E-state index contributed by atoms with van der Waals surface area (Å²) in [6.07, 6.45) is 0.122. The molecule has 0 radical (unpaired) electrons. The monoisotopic (exact) mass is 336 g/mol. The quantitative estimate of drug-likeness (QED) is 0.645. The first-order valence-corrected chi connectivity index (χ1v) is 10.0. The highest BCUT2D eigenvalue weighted by Crippen LogP contribution is 2.33. The van der Waals surface area contributed by atoms with E-state index in [-0.39, 0.29) is 6.10 Å². The molecule has 2 atom stereocenters. The first-order valence-electron chi connectivity index (χ1n) is 7.92. The van der Waals surface area contributed by atoms with Crippen molar-refractivity contribution >= 4 is 23.5 Å². The van der Waals surface area contributed by atoms with Crippen molar-refractivity contribution in [1.29, 1.82) is 0 Å². The maximum Gasteiger partial charge on any atom is 0.163 e. The van der Waals surface area contributed by atoms with Gasteiger partial charge in [-0.15, -0.1) is 23.5 Å². The number of hydrogen-bond acceptors (Lipinski definition) is 5. The molecule has 0 spiro atoms. The second kappa shape index (κ2) is 9.02. The minimum absolute atomic E-state index is 0.193. The molecule has 0 saturated carbocycles. The van der Waals surface area contributed by atoms with Crippen LogP contribution in [0.1, 0.15) is 48.0 Å². The molecule has 1 heterocycles. The van der Waals surface area contributed by atoms with E-state index in [1.807, 2.05) is 37.4 Å². The fraction of sp³-hybridized carbons (Fsp3) is 1.00. The zero-order valence-corrected chi connectivity index (χ0v) is 15.9. The van der Waals surface area contributed by atoms with Gasteiger partial charge in [0.05, 0.1) is 17.3 Å². The Labute approximate surface area is 138 Å². The Hall–Kier alpha value is 0.580. The summed E-state index contributed by atoms with van der Waals surface area (Å²) < 4.78 is 11.8. The lowest BCUT2D eigenvalue weighted by molar-refractivity contribution is -0.151. The van der Waals surface area contributed by atoms with E-state index in [9.17, 15) is 5.11 Å². The van der Waals surface area contributed by atoms with Crippen molar-refractivity contribution in [2.45, 2.75) is 70.5 Å². The summed E-state index contributed by atoms with van der Waals surface area (Å²) in [6, 6.07) is 0. The lowest BCUT2D eigenvalue weighted by atomic mass is 10.1. The summed E-state index contributed by atoms with van der Waals surface area (Å²) in [5.74, 6) is 3.07. The van der Waals surface area contributed by atoms with Crippen LogP contribution in [0.4, 0.5) is 0 Å². The minimum Gasteiger partial charge on any atom is -0.390 e. The fourth-order valence-corrected chi connectivity index (χ4v) is 4.76. The summed E-state index contributed by atoms with van der Waals surface area (Å²) in [7, 11) is 0. The molecule has 1 saturated heterocycles. The van der Waals surface area contributed by atoms with Gasteiger partial charge in [0, 0.05) is 0 Å². The summed E-state index contributed by atoms with van der Waals surface area (Å²) >= 11 is 3.93. The molecule has 1 aliphatic heterocycles. The summed E-state index contributed by atoms with van der Waals surface area (Å²) in [5, 5.41) is 10.5. The molecule has 0 amide bonds. The van der Waals surface area contributed by atoms with Gasteiger partial charge in [0.25, 0.3) is 0 Å². The zero-order chi connectivity index (χ0) is 16.0. The summed E-state index contributed by atoms with van der Waals surface area (Å²) in [6.45, 7) is 13.3. The molecule has 0 bridgehead atoms. The first-order chi connectivity index (χ1) is 9.69. The fourth-order valence-electron chi connectivity index (χ4n) is 2.04. The van der Waals surface area contributed by atoms with Crippen LogP contribution in [-0.4, -0.2) is 45.8 Å². The Balaban J connectivity index is 2.45. The molecule has 0 aromatic rings.